The van der Waals surface area contributed by atoms with Crippen molar-refractivity contribution in [1.82, 2.24) is 31.1 Å². The summed E-state index contributed by atoms with van der Waals surface area (Å²) in [4.78, 5) is 97.1. The molecule has 55 heavy (non-hydrogen) atoms. The Morgan fingerprint density at radius 3 is 2.22 bits per heavy atom. The van der Waals surface area contributed by atoms with Gasteiger partial charge in [0, 0.05) is 27.1 Å². The number of ether oxygens (including phenoxy) is 1. The first-order chi connectivity index (χ1) is 26.2. The van der Waals surface area contributed by atoms with Crippen LogP contribution in [0.2, 0.25) is 0 Å². The zero-order valence-electron chi connectivity index (χ0n) is 32.7. The zero-order chi connectivity index (χ0) is 40.1. The van der Waals surface area contributed by atoms with Crippen molar-refractivity contribution in [1.29, 1.82) is 0 Å². The maximum absolute atomic E-state index is 14.6. The van der Waals surface area contributed by atoms with Gasteiger partial charge >= 0.3 is 6.09 Å². The van der Waals surface area contributed by atoms with E-state index in [0.717, 1.165) is 50.0 Å². The Labute approximate surface area is 333 Å². The fraction of sp³-hybridized carbons (Fsp3) is 0.667. The second kappa shape index (κ2) is 20.9. The van der Waals surface area contributed by atoms with Gasteiger partial charge in [-0.25, -0.2) is 4.79 Å². The molecule has 0 radical (unpaired) electrons. The molecule has 1 saturated carbocycles. The van der Waals surface area contributed by atoms with Crippen LogP contribution >= 0.6 is 23.5 Å². The second-order valence-electron chi connectivity index (χ2n) is 15.2. The highest BCUT2D eigenvalue weighted by Crippen LogP contribution is 2.50. The molecular weight excluding hydrogens is 745 g/mol. The molecule has 4 N–H and O–H groups in total. The van der Waals surface area contributed by atoms with E-state index >= 15 is 0 Å². The van der Waals surface area contributed by atoms with Gasteiger partial charge in [-0.3, -0.25) is 28.8 Å². The van der Waals surface area contributed by atoms with E-state index in [1.807, 2.05) is 20.8 Å². The molecule has 3 aliphatic rings. The van der Waals surface area contributed by atoms with E-state index in [4.69, 9.17) is 4.74 Å². The van der Waals surface area contributed by atoms with Crippen LogP contribution < -0.4 is 21.3 Å². The molecule has 0 bridgehead atoms. The van der Waals surface area contributed by atoms with Crippen molar-refractivity contribution in [2.75, 3.05) is 45.3 Å². The molecule has 14 nitrogen and oxygen atoms in total. The molecule has 2 aliphatic heterocycles. The van der Waals surface area contributed by atoms with Crippen molar-refractivity contribution < 1.29 is 38.3 Å². The molecule has 2 heterocycles. The SMILES string of the molecule is CCCC(NC(=O)[C@@H]1CC2(CN1C(=O)C(NC(=O)OCC(C)C)C1CCCCC1)SCCCS2)C(=O)C(=O)NCC(=O)NC(C(=O)N(C)C)c1ccccc1. The molecular formula is C39H58N6O8S2. The van der Waals surface area contributed by atoms with Gasteiger partial charge in [-0.15, -0.1) is 23.5 Å². The molecule has 1 aliphatic carbocycles. The van der Waals surface area contributed by atoms with E-state index in [9.17, 15) is 33.6 Å². The Hall–Kier alpha value is -3.79. The number of alkyl carbamates (subject to hydrolysis) is 1. The average Bonchev–Trinajstić information content (AvgIpc) is 3.55. The lowest BCUT2D eigenvalue weighted by atomic mass is 9.83. The third-order valence-corrected chi connectivity index (χ3v) is 13.4. The quantitative estimate of drug-likeness (QED) is 0.181. The molecule has 2 saturated heterocycles. The molecule has 16 heteroatoms. The van der Waals surface area contributed by atoms with Gasteiger partial charge in [0.1, 0.15) is 18.1 Å². The number of benzene rings is 1. The van der Waals surface area contributed by atoms with Gasteiger partial charge < -0.3 is 35.8 Å². The number of Topliss-reactive ketones (excluding diaryl/α,β-unsaturated/α-hetero) is 1. The maximum Gasteiger partial charge on any atom is 0.407 e. The minimum atomic E-state index is -1.20. The van der Waals surface area contributed by atoms with Crippen LogP contribution in [0.4, 0.5) is 4.79 Å². The lowest BCUT2D eigenvalue weighted by Gasteiger charge is -2.35. The molecule has 1 spiro atoms. The van der Waals surface area contributed by atoms with E-state index in [1.54, 1.807) is 72.9 Å². The van der Waals surface area contributed by atoms with Crippen LogP contribution in [0.1, 0.15) is 90.2 Å². The smallest absolute Gasteiger partial charge is 0.407 e. The minimum absolute atomic E-state index is 0.112. The fourth-order valence-electron chi connectivity index (χ4n) is 7.20. The third-order valence-electron chi connectivity index (χ3n) is 10.1. The number of amides is 6. The number of ketones is 1. The predicted octanol–water partition coefficient (Wildman–Crippen LogP) is 3.40. The van der Waals surface area contributed by atoms with Crippen LogP contribution in [0.5, 0.6) is 0 Å². The van der Waals surface area contributed by atoms with Gasteiger partial charge in [-0.1, -0.05) is 76.8 Å². The average molecular weight is 803 g/mol. The van der Waals surface area contributed by atoms with Crippen molar-refractivity contribution in [2.45, 2.75) is 107 Å². The number of carbonyl (C=O) groups excluding carboxylic acids is 7. The van der Waals surface area contributed by atoms with E-state index in [2.05, 4.69) is 21.3 Å². The molecule has 3 unspecified atom stereocenters. The number of nitrogens with one attached hydrogen (secondary N) is 4. The highest BCUT2D eigenvalue weighted by atomic mass is 32.2. The number of rotatable bonds is 16. The monoisotopic (exact) mass is 802 g/mol. The zero-order valence-corrected chi connectivity index (χ0v) is 34.4. The van der Waals surface area contributed by atoms with E-state index in [-0.39, 0.29) is 36.7 Å². The summed E-state index contributed by atoms with van der Waals surface area (Å²) in [7, 11) is 3.13. The number of hydrogen-bond donors (Lipinski definition) is 4. The first kappa shape index (κ1) is 43.9. The van der Waals surface area contributed by atoms with E-state index < -0.39 is 64.4 Å². The van der Waals surface area contributed by atoms with Gasteiger partial charge in [-0.05, 0) is 54.6 Å². The molecule has 6 amide bonds. The maximum atomic E-state index is 14.6. The number of likely N-dealkylation sites (N-methyl/N-ethyl adjacent to an activating group) is 1. The van der Waals surface area contributed by atoms with Gasteiger partial charge in [0.05, 0.1) is 23.3 Å². The summed E-state index contributed by atoms with van der Waals surface area (Å²) in [5.41, 5.74) is 0.556. The van der Waals surface area contributed by atoms with Crippen molar-refractivity contribution in [2.24, 2.45) is 11.8 Å². The molecule has 4 rings (SSSR count). The molecule has 304 valence electrons. The summed E-state index contributed by atoms with van der Waals surface area (Å²) in [5, 5.41) is 10.6. The van der Waals surface area contributed by atoms with Gasteiger partial charge in [-0.2, -0.15) is 0 Å². The summed E-state index contributed by atoms with van der Waals surface area (Å²) < 4.78 is 4.99. The normalized spacial score (nSPS) is 19.8. The molecule has 4 atom stereocenters. The summed E-state index contributed by atoms with van der Waals surface area (Å²) in [6.07, 6.45) is 5.76. The van der Waals surface area contributed by atoms with E-state index in [0.29, 0.717) is 24.9 Å². The number of thioether (sulfide) groups is 2. The Bertz CT molecular complexity index is 1520. The highest BCUT2D eigenvalue weighted by Gasteiger charge is 2.52. The summed E-state index contributed by atoms with van der Waals surface area (Å²) in [6, 6.07) is 4.66. The summed E-state index contributed by atoms with van der Waals surface area (Å²) in [6.45, 7) is 5.61. The molecule has 3 fully saturated rings. The molecule has 0 aromatic heterocycles. The first-order valence-electron chi connectivity index (χ1n) is 19.4. The Morgan fingerprint density at radius 2 is 1.60 bits per heavy atom. The number of likely N-dealkylation sites (tertiary alicyclic amines) is 1. The predicted molar refractivity (Wildman–Crippen MR) is 213 cm³/mol. The number of nitrogens with zero attached hydrogens (tertiary/aromatic N) is 2. The minimum Gasteiger partial charge on any atom is -0.449 e. The second-order valence-corrected chi connectivity index (χ2v) is 18.4. The van der Waals surface area contributed by atoms with Crippen molar-refractivity contribution in [3.63, 3.8) is 0 Å². The van der Waals surface area contributed by atoms with E-state index in [1.165, 1.54) is 4.90 Å². The van der Waals surface area contributed by atoms with Crippen molar-refractivity contribution in [3.05, 3.63) is 35.9 Å². The van der Waals surface area contributed by atoms with Crippen LogP contribution in [0.3, 0.4) is 0 Å². The third kappa shape index (κ3) is 12.3. The van der Waals surface area contributed by atoms with Gasteiger partial charge in [0.2, 0.25) is 29.4 Å². The van der Waals surface area contributed by atoms with Crippen molar-refractivity contribution >= 4 is 64.9 Å². The molecule has 1 aromatic rings. The van der Waals surface area contributed by atoms with Crippen LogP contribution in [0.15, 0.2) is 30.3 Å². The van der Waals surface area contributed by atoms with Gasteiger partial charge in [0.15, 0.2) is 0 Å². The largest absolute Gasteiger partial charge is 0.449 e. The fourth-order valence-corrected chi connectivity index (χ4v) is 10.6. The number of carbonyl (C=O) groups is 7. The van der Waals surface area contributed by atoms with Crippen LogP contribution in [-0.4, -0.2) is 119 Å². The first-order valence-corrected chi connectivity index (χ1v) is 21.4. The Kier molecular flexibility index (Phi) is 16.7. The lowest BCUT2D eigenvalue weighted by Crippen LogP contribution is -2.58. The summed E-state index contributed by atoms with van der Waals surface area (Å²) in [5.74, 6) is -2.15. The lowest BCUT2D eigenvalue weighted by molar-refractivity contribution is -0.143. The number of hydrogen-bond acceptors (Lipinski definition) is 10. The van der Waals surface area contributed by atoms with Crippen LogP contribution in [0.25, 0.3) is 0 Å². The standard InChI is InChI=1S/C39H58N6O8S2/c1-6-14-28(33(47)35(49)40-22-30(46)42-31(36(50)44(4)5)26-15-9-7-10-16-26)41-34(48)29-21-39(54-19-13-20-55-39)24-45(29)37(51)32(27-17-11-8-12-18-27)43-38(52)53-23-25(2)3/h7,9-10,15-16,25,27-29,31-32H,6,8,11-14,17-24H2,1-5H3,(H,40,49)(H,41,48)(H,42,46)(H,43,52)/t28?,29-,31?,32?/m0/s1. The van der Waals surface area contributed by atoms with Gasteiger partial charge in [0.25, 0.3) is 5.91 Å². The van der Waals surface area contributed by atoms with Crippen LogP contribution in [0, 0.1) is 11.8 Å². The topological polar surface area (TPSA) is 183 Å². The Balaban J connectivity index is 1.47. The highest BCUT2D eigenvalue weighted by molar-refractivity contribution is 8.18. The Morgan fingerprint density at radius 1 is 0.927 bits per heavy atom. The van der Waals surface area contributed by atoms with Crippen LogP contribution in [-0.2, 0) is 33.5 Å². The molecule has 1 aromatic carbocycles. The van der Waals surface area contributed by atoms with Crippen molar-refractivity contribution in [3.8, 4) is 0 Å². The summed E-state index contributed by atoms with van der Waals surface area (Å²) >= 11 is 3.46.